The summed E-state index contributed by atoms with van der Waals surface area (Å²) in [5, 5.41) is 0. The molecule has 1 amide bonds. The number of rotatable bonds is 9. The van der Waals surface area contributed by atoms with Gasteiger partial charge in [-0.15, -0.1) is 0 Å². The summed E-state index contributed by atoms with van der Waals surface area (Å²) in [6, 6.07) is 0. The Hall–Kier alpha value is -1.84. The lowest BCUT2D eigenvalue weighted by atomic mass is 10.0. The van der Waals surface area contributed by atoms with Crippen LogP contribution in [0.25, 0.3) is 0 Å². The largest absolute Gasteiger partial charge is 0.340 e. The zero-order chi connectivity index (χ0) is 17.9. The second-order valence-corrected chi connectivity index (χ2v) is 6.33. The summed E-state index contributed by atoms with van der Waals surface area (Å²) in [6.45, 7) is 12.2. The monoisotopic (exact) mass is 332 g/mol. The number of piperazine rings is 1. The topological polar surface area (TPSA) is 40.6 Å². The molecule has 4 nitrogen and oxygen atoms in total. The van der Waals surface area contributed by atoms with Gasteiger partial charge in [0, 0.05) is 18.8 Å². The number of hydrogen-bond donors (Lipinski definition) is 0. The Bertz CT molecular complexity index is 494. The van der Waals surface area contributed by atoms with Gasteiger partial charge in [-0.1, -0.05) is 52.3 Å². The van der Waals surface area contributed by atoms with E-state index in [2.05, 4.69) is 27.4 Å². The number of carbonyl (C=O) groups is 2. The van der Waals surface area contributed by atoms with E-state index in [1.807, 2.05) is 17.1 Å². The van der Waals surface area contributed by atoms with E-state index < -0.39 is 0 Å². The third kappa shape index (κ3) is 5.99. The van der Waals surface area contributed by atoms with Gasteiger partial charge in [0.2, 0.25) is 5.91 Å². The molecule has 134 valence electrons. The number of aldehydes is 1. The first-order valence-corrected chi connectivity index (χ1v) is 9.15. The van der Waals surface area contributed by atoms with E-state index in [1.165, 1.54) is 0 Å². The smallest absolute Gasteiger partial charge is 0.246 e. The van der Waals surface area contributed by atoms with Crippen LogP contribution in [0, 0.1) is 5.92 Å². The number of unbranched alkanes of at least 4 members (excludes halogenated alkanes) is 1. The lowest BCUT2D eigenvalue weighted by Crippen LogP contribution is -2.46. The predicted octanol–water partition coefficient (Wildman–Crippen LogP) is 3.91. The van der Waals surface area contributed by atoms with E-state index in [-0.39, 0.29) is 5.91 Å². The molecule has 1 aliphatic heterocycles. The highest BCUT2D eigenvalue weighted by Gasteiger charge is 2.24. The summed E-state index contributed by atoms with van der Waals surface area (Å²) >= 11 is 0. The lowest BCUT2D eigenvalue weighted by molar-refractivity contribution is -0.126. The van der Waals surface area contributed by atoms with E-state index in [9.17, 15) is 9.59 Å². The van der Waals surface area contributed by atoms with Crippen molar-refractivity contribution in [1.29, 1.82) is 0 Å². The fraction of sp³-hybridized carbons (Fsp3) is 0.600. The standard InChI is InChI=1S/C20H32N2O2/c1-5-8-10-19(16-23)22-14-13-21(15-17(22)4)20(24)12-11-18(7-3)9-6-2/h10-12,16,18H,4-9,13-15H2,1-3H3/b12-11+,19-10-. The molecule has 4 heteroatoms. The number of amides is 1. The highest BCUT2D eigenvalue weighted by molar-refractivity contribution is 5.88. The molecule has 1 saturated heterocycles. The molecule has 1 heterocycles. The number of carbonyl (C=O) groups excluding carboxylic acids is 2. The summed E-state index contributed by atoms with van der Waals surface area (Å²) in [5.74, 6) is 0.512. The molecule has 1 rings (SSSR count). The predicted molar refractivity (Wildman–Crippen MR) is 99.3 cm³/mol. The molecule has 0 saturated carbocycles. The van der Waals surface area contributed by atoms with Crippen LogP contribution >= 0.6 is 0 Å². The van der Waals surface area contributed by atoms with Crippen molar-refractivity contribution < 1.29 is 9.59 Å². The van der Waals surface area contributed by atoms with Crippen LogP contribution in [0.3, 0.4) is 0 Å². The van der Waals surface area contributed by atoms with Gasteiger partial charge < -0.3 is 9.80 Å². The van der Waals surface area contributed by atoms with Gasteiger partial charge in [0.1, 0.15) is 0 Å². The quantitative estimate of drug-likeness (QED) is 0.475. The zero-order valence-electron chi connectivity index (χ0n) is 15.5. The van der Waals surface area contributed by atoms with Crippen LogP contribution in [0.5, 0.6) is 0 Å². The summed E-state index contributed by atoms with van der Waals surface area (Å²) in [7, 11) is 0. The highest BCUT2D eigenvalue weighted by atomic mass is 16.2. The number of nitrogens with zero attached hydrogens (tertiary/aromatic N) is 2. The van der Waals surface area contributed by atoms with E-state index in [0.717, 1.165) is 44.1 Å². The van der Waals surface area contributed by atoms with Crippen LogP contribution in [-0.2, 0) is 9.59 Å². The molecule has 1 fully saturated rings. The molecule has 0 spiro atoms. The van der Waals surface area contributed by atoms with Crippen molar-refractivity contribution in [2.75, 3.05) is 19.6 Å². The highest BCUT2D eigenvalue weighted by Crippen LogP contribution is 2.18. The van der Waals surface area contributed by atoms with Crippen molar-refractivity contribution in [3.63, 3.8) is 0 Å². The van der Waals surface area contributed by atoms with E-state index >= 15 is 0 Å². The zero-order valence-corrected chi connectivity index (χ0v) is 15.5. The molecule has 1 aliphatic rings. The minimum absolute atomic E-state index is 0.0375. The van der Waals surface area contributed by atoms with Crippen LogP contribution in [0.2, 0.25) is 0 Å². The molecule has 0 aromatic carbocycles. The molecular formula is C20H32N2O2. The third-order valence-electron chi connectivity index (χ3n) is 4.43. The van der Waals surface area contributed by atoms with Crippen molar-refractivity contribution in [2.45, 2.75) is 52.9 Å². The summed E-state index contributed by atoms with van der Waals surface area (Å²) in [5.41, 5.74) is 1.47. The Balaban J connectivity index is 2.65. The van der Waals surface area contributed by atoms with Gasteiger partial charge in [-0.25, -0.2) is 0 Å². The summed E-state index contributed by atoms with van der Waals surface area (Å²) < 4.78 is 0. The average Bonchev–Trinajstić information content (AvgIpc) is 2.59. The minimum Gasteiger partial charge on any atom is -0.340 e. The number of hydrogen-bond acceptors (Lipinski definition) is 3. The first kappa shape index (κ1) is 20.2. The molecule has 0 radical (unpaired) electrons. The molecule has 0 aromatic rings. The normalized spacial score (nSPS) is 17.5. The van der Waals surface area contributed by atoms with Gasteiger partial charge in [-0.05, 0) is 31.3 Å². The Morgan fingerprint density at radius 2 is 2.00 bits per heavy atom. The number of allylic oxidation sites excluding steroid dienone is 3. The van der Waals surface area contributed by atoms with Crippen molar-refractivity contribution in [3.8, 4) is 0 Å². The summed E-state index contributed by atoms with van der Waals surface area (Å²) in [4.78, 5) is 27.4. The van der Waals surface area contributed by atoms with E-state index in [4.69, 9.17) is 0 Å². The van der Waals surface area contributed by atoms with E-state index in [1.54, 1.807) is 11.0 Å². The summed E-state index contributed by atoms with van der Waals surface area (Å²) in [6.07, 6.45) is 11.8. The van der Waals surface area contributed by atoms with Crippen molar-refractivity contribution in [3.05, 3.63) is 36.2 Å². The van der Waals surface area contributed by atoms with Crippen LogP contribution in [0.1, 0.15) is 52.9 Å². The molecule has 0 aromatic heterocycles. The van der Waals surface area contributed by atoms with Crippen LogP contribution in [0.4, 0.5) is 0 Å². The molecule has 0 N–H and O–H groups in total. The molecule has 24 heavy (non-hydrogen) atoms. The maximum absolute atomic E-state index is 12.4. The van der Waals surface area contributed by atoms with Crippen molar-refractivity contribution >= 4 is 12.2 Å². The fourth-order valence-electron chi connectivity index (χ4n) is 2.91. The second-order valence-electron chi connectivity index (χ2n) is 6.33. The average molecular weight is 332 g/mol. The first-order chi connectivity index (χ1) is 11.6. The fourth-order valence-corrected chi connectivity index (χ4v) is 2.91. The van der Waals surface area contributed by atoms with Crippen LogP contribution in [-0.4, -0.2) is 41.6 Å². The van der Waals surface area contributed by atoms with Crippen molar-refractivity contribution in [2.24, 2.45) is 5.92 Å². The van der Waals surface area contributed by atoms with E-state index in [0.29, 0.717) is 31.2 Å². The van der Waals surface area contributed by atoms with Gasteiger partial charge in [0.25, 0.3) is 0 Å². The second kappa shape index (κ2) is 10.8. The maximum Gasteiger partial charge on any atom is 0.246 e. The Morgan fingerprint density at radius 3 is 2.54 bits per heavy atom. The minimum atomic E-state index is 0.0375. The molecular weight excluding hydrogens is 300 g/mol. The van der Waals surface area contributed by atoms with Gasteiger partial charge >= 0.3 is 0 Å². The lowest BCUT2D eigenvalue weighted by Gasteiger charge is -2.37. The maximum atomic E-state index is 12.4. The molecule has 1 unspecified atom stereocenters. The van der Waals surface area contributed by atoms with Crippen LogP contribution in [0.15, 0.2) is 36.2 Å². The van der Waals surface area contributed by atoms with Gasteiger partial charge in [-0.2, -0.15) is 0 Å². The Labute approximate surface area is 146 Å². The first-order valence-electron chi connectivity index (χ1n) is 9.15. The van der Waals surface area contributed by atoms with Gasteiger partial charge in [0.15, 0.2) is 6.29 Å². The van der Waals surface area contributed by atoms with Gasteiger partial charge in [-0.3, -0.25) is 9.59 Å². The third-order valence-corrected chi connectivity index (χ3v) is 4.43. The van der Waals surface area contributed by atoms with Crippen molar-refractivity contribution in [1.82, 2.24) is 9.80 Å². The Morgan fingerprint density at radius 1 is 1.25 bits per heavy atom. The molecule has 1 atom stereocenters. The van der Waals surface area contributed by atoms with Crippen LogP contribution < -0.4 is 0 Å². The van der Waals surface area contributed by atoms with Gasteiger partial charge in [0.05, 0.1) is 12.2 Å². The molecule has 0 aliphatic carbocycles. The molecule has 0 bridgehead atoms. The Kier molecular flexibility index (Phi) is 9.13. The SMILES string of the molecule is C=C1CN(C(=O)/C=C/C(CC)CCC)CCN1/C(C=O)=C\CCC.